The molecule has 0 spiro atoms. The van der Waals surface area contributed by atoms with Crippen LogP contribution in [0.25, 0.3) is 0 Å². The fourth-order valence-electron chi connectivity index (χ4n) is 2.61. The highest BCUT2D eigenvalue weighted by molar-refractivity contribution is 5.93. The number of aliphatic hydroxyl groups excluding tert-OH is 1. The van der Waals surface area contributed by atoms with Gasteiger partial charge in [0.2, 0.25) is 0 Å². The summed E-state index contributed by atoms with van der Waals surface area (Å²) in [6, 6.07) is 1.75. The van der Waals surface area contributed by atoms with E-state index < -0.39 is 5.97 Å². The number of carboxylic acids is 1. The monoisotopic (exact) mass is 262 g/mol. The molecule has 19 heavy (non-hydrogen) atoms. The zero-order valence-corrected chi connectivity index (χ0v) is 10.8. The smallest absolute Gasteiger partial charge is 0.339 e. The molecule has 1 fully saturated rings. The predicted molar refractivity (Wildman–Crippen MR) is 70.5 cm³/mol. The maximum atomic E-state index is 11.3. The Kier molecular flexibility index (Phi) is 2.93. The van der Waals surface area contributed by atoms with E-state index in [0.717, 1.165) is 43.4 Å². The number of anilines is 1. The van der Waals surface area contributed by atoms with Crippen LogP contribution in [0.5, 0.6) is 0 Å². The highest BCUT2D eigenvalue weighted by Gasteiger charge is 2.42. The van der Waals surface area contributed by atoms with Crippen LogP contribution < -0.4 is 5.32 Å². The minimum Gasteiger partial charge on any atom is -0.478 e. The lowest BCUT2D eigenvalue weighted by Gasteiger charge is -2.15. The van der Waals surface area contributed by atoms with E-state index in [2.05, 4.69) is 10.3 Å². The first kappa shape index (κ1) is 12.4. The Bertz CT molecular complexity index is 524. The highest BCUT2D eigenvalue weighted by Crippen LogP contribution is 2.45. The molecule has 0 radical (unpaired) electrons. The third-order valence-electron chi connectivity index (χ3n) is 4.20. The van der Waals surface area contributed by atoms with E-state index in [-0.39, 0.29) is 17.6 Å². The number of nitrogens with zero attached hydrogens (tertiary/aromatic N) is 1. The van der Waals surface area contributed by atoms with Gasteiger partial charge in [0, 0.05) is 17.7 Å². The van der Waals surface area contributed by atoms with Crippen molar-refractivity contribution in [3.05, 3.63) is 22.9 Å². The molecule has 0 unspecified atom stereocenters. The normalized spacial score (nSPS) is 19.0. The average molecular weight is 262 g/mol. The first-order valence-corrected chi connectivity index (χ1v) is 6.74. The molecule has 102 valence electrons. The number of aromatic carboxylic acids is 1. The lowest BCUT2D eigenvalue weighted by molar-refractivity contribution is 0.0697. The molecule has 1 aromatic rings. The van der Waals surface area contributed by atoms with Gasteiger partial charge in [-0.2, -0.15) is 0 Å². The second-order valence-electron chi connectivity index (χ2n) is 5.66. The van der Waals surface area contributed by atoms with E-state index >= 15 is 0 Å². The van der Waals surface area contributed by atoms with Gasteiger partial charge >= 0.3 is 5.97 Å². The van der Waals surface area contributed by atoms with Gasteiger partial charge in [0.05, 0.1) is 6.61 Å². The van der Waals surface area contributed by atoms with Crippen LogP contribution in [0.4, 0.5) is 5.82 Å². The number of aliphatic hydroxyl groups is 1. The van der Waals surface area contributed by atoms with Crippen LogP contribution in [0.2, 0.25) is 0 Å². The number of hydrogen-bond donors (Lipinski definition) is 3. The second kappa shape index (κ2) is 4.49. The van der Waals surface area contributed by atoms with Gasteiger partial charge in [-0.15, -0.1) is 0 Å². The van der Waals surface area contributed by atoms with Crippen LogP contribution in [-0.4, -0.2) is 34.3 Å². The summed E-state index contributed by atoms with van der Waals surface area (Å²) in [4.78, 5) is 15.8. The molecule has 0 amide bonds. The van der Waals surface area contributed by atoms with E-state index in [9.17, 15) is 15.0 Å². The zero-order valence-electron chi connectivity index (χ0n) is 10.8. The number of nitrogens with one attached hydrogen (secondary N) is 1. The fraction of sp³-hybridized carbons (Fsp3) is 0.571. The highest BCUT2D eigenvalue weighted by atomic mass is 16.4. The second-order valence-corrected chi connectivity index (χ2v) is 5.66. The zero-order chi connectivity index (χ0) is 13.5. The van der Waals surface area contributed by atoms with E-state index in [0.29, 0.717) is 12.4 Å². The number of fused-ring (bicyclic) bond motifs is 1. The Labute approximate surface area is 111 Å². The summed E-state index contributed by atoms with van der Waals surface area (Å²) in [6.07, 6.45) is 4.87. The summed E-state index contributed by atoms with van der Waals surface area (Å²) in [5.41, 5.74) is 2.26. The summed E-state index contributed by atoms with van der Waals surface area (Å²) in [7, 11) is 0. The summed E-state index contributed by atoms with van der Waals surface area (Å²) < 4.78 is 0. The molecule has 1 saturated carbocycles. The van der Waals surface area contributed by atoms with Crippen molar-refractivity contribution < 1.29 is 15.0 Å². The molecule has 2 aliphatic carbocycles. The molecule has 3 rings (SSSR count). The van der Waals surface area contributed by atoms with Gasteiger partial charge in [0.15, 0.2) is 0 Å². The van der Waals surface area contributed by atoms with Gasteiger partial charge in [0.25, 0.3) is 0 Å². The van der Waals surface area contributed by atoms with Gasteiger partial charge < -0.3 is 15.5 Å². The van der Waals surface area contributed by atoms with Crippen molar-refractivity contribution in [3.63, 3.8) is 0 Å². The lowest BCUT2D eigenvalue weighted by atomic mass is 10.1. The van der Waals surface area contributed by atoms with Crippen molar-refractivity contribution in [2.24, 2.45) is 5.41 Å². The van der Waals surface area contributed by atoms with Gasteiger partial charge in [-0.25, -0.2) is 9.78 Å². The van der Waals surface area contributed by atoms with Crippen molar-refractivity contribution in [1.29, 1.82) is 0 Å². The average Bonchev–Trinajstić information content (AvgIpc) is 3.05. The molecule has 1 aromatic heterocycles. The summed E-state index contributed by atoms with van der Waals surface area (Å²) in [6.45, 7) is 0.739. The lowest BCUT2D eigenvalue weighted by Crippen LogP contribution is -2.21. The Morgan fingerprint density at radius 2 is 2.21 bits per heavy atom. The molecule has 5 heteroatoms. The number of pyridine rings is 1. The van der Waals surface area contributed by atoms with Crippen molar-refractivity contribution in [1.82, 2.24) is 4.98 Å². The molecular weight excluding hydrogens is 244 g/mol. The van der Waals surface area contributed by atoms with Crippen LogP contribution in [0.15, 0.2) is 6.07 Å². The van der Waals surface area contributed by atoms with Gasteiger partial charge in [0.1, 0.15) is 11.4 Å². The first-order valence-electron chi connectivity index (χ1n) is 6.74. The molecular formula is C14H18N2O3. The molecule has 1 heterocycles. The Morgan fingerprint density at radius 1 is 1.42 bits per heavy atom. The van der Waals surface area contributed by atoms with Crippen molar-refractivity contribution in [2.75, 3.05) is 18.5 Å². The molecule has 0 aromatic carbocycles. The summed E-state index contributed by atoms with van der Waals surface area (Å²) in [5, 5.41) is 21.7. The molecule has 0 saturated heterocycles. The Morgan fingerprint density at radius 3 is 2.84 bits per heavy atom. The Balaban J connectivity index is 1.84. The van der Waals surface area contributed by atoms with Crippen molar-refractivity contribution in [3.8, 4) is 0 Å². The number of aryl methyl sites for hydroxylation is 2. The van der Waals surface area contributed by atoms with Crippen LogP contribution in [0.1, 0.15) is 40.9 Å². The van der Waals surface area contributed by atoms with Crippen LogP contribution in [-0.2, 0) is 12.8 Å². The van der Waals surface area contributed by atoms with Gasteiger partial charge in [-0.3, -0.25) is 0 Å². The van der Waals surface area contributed by atoms with Crippen LogP contribution >= 0.6 is 0 Å². The fourth-order valence-corrected chi connectivity index (χ4v) is 2.61. The van der Waals surface area contributed by atoms with E-state index in [1.165, 1.54) is 0 Å². The van der Waals surface area contributed by atoms with Crippen molar-refractivity contribution in [2.45, 2.75) is 32.1 Å². The van der Waals surface area contributed by atoms with Gasteiger partial charge in [-0.1, -0.05) is 0 Å². The molecule has 5 nitrogen and oxygen atoms in total. The minimum absolute atomic E-state index is 0.0591. The number of carbonyl (C=O) groups is 1. The topological polar surface area (TPSA) is 82.5 Å². The standard InChI is InChI=1S/C14H18N2O3/c17-8-14(4-5-14)7-15-12-10(13(18)19)6-9-2-1-3-11(9)16-12/h6,17H,1-5,7-8H2,(H,15,16)(H,18,19). The maximum absolute atomic E-state index is 11.3. The van der Waals surface area contributed by atoms with E-state index in [1.54, 1.807) is 6.07 Å². The molecule has 3 N–H and O–H groups in total. The summed E-state index contributed by atoms with van der Waals surface area (Å²) in [5.74, 6) is -0.494. The third-order valence-corrected chi connectivity index (χ3v) is 4.20. The molecule has 0 atom stereocenters. The predicted octanol–water partition coefficient (Wildman–Crippen LogP) is 1.45. The third kappa shape index (κ3) is 2.30. The van der Waals surface area contributed by atoms with Crippen LogP contribution in [0.3, 0.4) is 0 Å². The van der Waals surface area contributed by atoms with Crippen molar-refractivity contribution >= 4 is 11.8 Å². The summed E-state index contributed by atoms with van der Waals surface area (Å²) >= 11 is 0. The first-order chi connectivity index (χ1) is 9.13. The van der Waals surface area contributed by atoms with E-state index in [1.807, 2.05) is 0 Å². The largest absolute Gasteiger partial charge is 0.478 e. The maximum Gasteiger partial charge on any atom is 0.339 e. The Hall–Kier alpha value is -1.62. The number of carboxylic acid groups (broad SMARTS) is 1. The molecule has 0 bridgehead atoms. The molecule has 0 aliphatic heterocycles. The van der Waals surface area contributed by atoms with Crippen LogP contribution in [0, 0.1) is 5.41 Å². The minimum atomic E-state index is -0.946. The van der Waals surface area contributed by atoms with Gasteiger partial charge in [-0.05, 0) is 43.7 Å². The number of rotatable bonds is 5. The molecule has 2 aliphatic rings. The quantitative estimate of drug-likeness (QED) is 0.748. The number of aromatic nitrogens is 1. The number of hydrogen-bond acceptors (Lipinski definition) is 4. The van der Waals surface area contributed by atoms with E-state index in [4.69, 9.17) is 0 Å². The SMILES string of the molecule is O=C(O)c1cc2c(nc1NCC1(CO)CC1)CCC2.